The van der Waals surface area contributed by atoms with E-state index in [1.54, 1.807) is 0 Å². The molecular weight excluding hydrogens is 438 g/mol. The summed E-state index contributed by atoms with van der Waals surface area (Å²) < 4.78 is 6.01. The van der Waals surface area contributed by atoms with E-state index in [4.69, 9.17) is 21.8 Å². The molecule has 33 heavy (non-hydrogen) atoms. The monoisotopic (exact) mass is 463 g/mol. The lowest BCUT2D eigenvalue weighted by atomic mass is 10.0. The normalized spacial score (nSPS) is 17.3. The van der Waals surface area contributed by atoms with Crippen molar-refractivity contribution in [2.75, 3.05) is 18.8 Å². The SMILES string of the molecule is CCCC1C(=O)N(Cc2ccc3c(N)ncnc3c2)CCN1Cc1cc2ccc(Cl)cc2o1. The van der Waals surface area contributed by atoms with Crippen LogP contribution in [0.2, 0.25) is 5.02 Å². The molecule has 1 aliphatic heterocycles. The largest absolute Gasteiger partial charge is 0.460 e. The third-order valence-electron chi connectivity index (χ3n) is 6.25. The number of hydrogen-bond acceptors (Lipinski definition) is 6. The highest BCUT2D eigenvalue weighted by Gasteiger charge is 2.34. The van der Waals surface area contributed by atoms with Gasteiger partial charge in [0, 0.05) is 41.5 Å². The van der Waals surface area contributed by atoms with E-state index in [1.807, 2.05) is 47.4 Å². The number of piperazine rings is 1. The predicted molar refractivity (Wildman–Crippen MR) is 130 cm³/mol. The first-order valence-electron chi connectivity index (χ1n) is 11.2. The number of carbonyl (C=O) groups excluding carboxylic acids is 1. The Morgan fingerprint density at radius 2 is 2.00 bits per heavy atom. The maximum absolute atomic E-state index is 13.4. The molecule has 5 rings (SSSR count). The second-order valence-corrected chi connectivity index (χ2v) is 8.98. The molecule has 4 aromatic rings. The minimum Gasteiger partial charge on any atom is -0.460 e. The molecule has 3 heterocycles. The second kappa shape index (κ2) is 9.00. The highest BCUT2D eigenvalue weighted by molar-refractivity contribution is 6.31. The molecule has 1 fully saturated rings. The number of anilines is 1. The van der Waals surface area contributed by atoms with Crippen LogP contribution in [0.1, 0.15) is 31.1 Å². The third kappa shape index (κ3) is 4.38. The number of fused-ring (bicyclic) bond motifs is 2. The number of carbonyl (C=O) groups is 1. The number of nitrogens with two attached hydrogens (primary N) is 1. The summed E-state index contributed by atoms with van der Waals surface area (Å²) in [5.74, 6) is 1.47. The van der Waals surface area contributed by atoms with Crippen molar-refractivity contribution in [1.82, 2.24) is 19.8 Å². The average Bonchev–Trinajstić information content (AvgIpc) is 3.19. The first-order valence-corrected chi connectivity index (χ1v) is 11.6. The van der Waals surface area contributed by atoms with Crippen LogP contribution in [-0.4, -0.2) is 44.8 Å². The topological polar surface area (TPSA) is 88.5 Å². The van der Waals surface area contributed by atoms with E-state index in [9.17, 15) is 4.79 Å². The highest BCUT2D eigenvalue weighted by Crippen LogP contribution is 2.27. The molecule has 2 aromatic carbocycles. The van der Waals surface area contributed by atoms with E-state index in [-0.39, 0.29) is 11.9 Å². The smallest absolute Gasteiger partial charge is 0.240 e. The first kappa shape index (κ1) is 21.7. The van der Waals surface area contributed by atoms with Gasteiger partial charge in [0.05, 0.1) is 18.1 Å². The van der Waals surface area contributed by atoms with E-state index in [2.05, 4.69) is 21.8 Å². The maximum Gasteiger partial charge on any atom is 0.240 e. The number of furan rings is 1. The van der Waals surface area contributed by atoms with E-state index in [1.165, 1.54) is 6.33 Å². The van der Waals surface area contributed by atoms with Crippen molar-refractivity contribution in [2.24, 2.45) is 0 Å². The van der Waals surface area contributed by atoms with Crippen molar-refractivity contribution in [3.05, 3.63) is 65.1 Å². The van der Waals surface area contributed by atoms with E-state index in [0.717, 1.165) is 52.6 Å². The summed E-state index contributed by atoms with van der Waals surface area (Å²) in [5, 5.41) is 2.50. The summed E-state index contributed by atoms with van der Waals surface area (Å²) in [6.07, 6.45) is 3.21. The Kier molecular flexibility index (Phi) is 5.91. The van der Waals surface area contributed by atoms with Crippen molar-refractivity contribution >= 4 is 45.2 Å². The Bertz CT molecular complexity index is 1320. The van der Waals surface area contributed by atoms with Gasteiger partial charge in [-0.2, -0.15) is 0 Å². The lowest BCUT2D eigenvalue weighted by Gasteiger charge is -2.40. The van der Waals surface area contributed by atoms with Crippen LogP contribution in [0.5, 0.6) is 0 Å². The van der Waals surface area contributed by atoms with E-state index in [0.29, 0.717) is 30.5 Å². The Morgan fingerprint density at radius 1 is 1.12 bits per heavy atom. The Hall–Kier alpha value is -3.16. The molecule has 170 valence electrons. The lowest BCUT2D eigenvalue weighted by Crippen LogP contribution is -2.56. The zero-order valence-electron chi connectivity index (χ0n) is 18.5. The molecular formula is C25H26ClN5O2. The summed E-state index contributed by atoms with van der Waals surface area (Å²) in [4.78, 5) is 26.0. The zero-order chi connectivity index (χ0) is 22.9. The molecule has 7 nitrogen and oxygen atoms in total. The van der Waals surface area contributed by atoms with Crippen molar-refractivity contribution in [3.8, 4) is 0 Å². The van der Waals surface area contributed by atoms with Crippen LogP contribution in [0.4, 0.5) is 5.82 Å². The molecule has 0 bridgehead atoms. The first-order chi connectivity index (χ1) is 16.0. The average molecular weight is 464 g/mol. The number of halogens is 1. The van der Waals surface area contributed by atoms with Gasteiger partial charge in [-0.05, 0) is 42.3 Å². The fraction of sp³-hybridized carbons (Fsp3) is 0.320. The van der Waals surface area contributed by atoms with Crippen molar-refractivity contribution in [3.63, 3.8) is 0 Å². The molecule has 0 spiro atoms. The van der Waals surface area contributed by atoms with Gasteiger partial charge in [0.25, 0.3) is 0 Å². The standard InChI is InChI=1S/C25H26ClN5O2/c1-2-3-22-25(32)31(13-16-4-7-20-21(10-16)28-15-29-24(20)27)9-8-30(22)14-19-11-17-5-6-18(26)12-23(17)33-19/h4-7,10-12,15,22H,2-3,8-9,13-14H2,1H3,(H2,27,28,29). The molecule has 2 N–H and O–H groups in total. The van der Waals surface area contributed by atoms with Gasteiger partial charge in [0.1, 0.15) is 23.5 Å². The van der Waals surface area contributed by atoms with Crippen molar-refractivity contribution in [2.45, 2.75) is 38.9 Å². The number of nitrogen functional groups attached to an aromatic ring is 1. The van der Waals surface area contributed by atoms with Gasteiger partial charge in [0.2, 0.25) is 5.91 Å². The Labute approximate surface area is 197 Å². The molecule has 0 radical (unpaired) electrons. The van der Waals surface area contributed by atoms with Crippen molar-refractivity contribution < 1.29 is 9.21 Å². The van der Waals surface area contributed by atoms with Crippen LogP contribution in [-0.2, 0) is 17.9 Å². The summed E-state index contributed by atoms with van der Waals surface area (Å²) in [6.45, 7) is 4.71. The van der Waals surface area contributed by atoms with Crippen LogP contribution in [0.3, 0.4) is 0 Å². The number of rotatable bonds is 6. The number of benzene rings is 2. The molecule has 0 aliphatic carbocycles. The molecule has 1 saturated heterocycles. The van der Waals surface area contributed by atoms with Gasteiger partial charge in [-0.15, -0.1) is 0 Å². The quantitative estimate of drug-likeness (QED) is 0.448. The molecule has 1 amide bonds. The number of nitrogens with zero attached hydrogens (tertiary/aromatic N) is 4. The zero-order valence-corrected chi connectivity index (χ0v) is 19.3. The maximum atomic E-state index is 13.4. The van der Waals surface area contributed by atoms with Crippen molar-refractivity contribution in [1.29, 1.82) is 0 Å². The summed E-state index contributed by atoms with van der Waals surface area (Å²) in [7, 11) is 0. The molecule has 2 aromatic heterocycles. The van der Waals surface area contributed by atoms with E-state index >= 15 is 0 Å². The van der Waals surface area contributed by atoms with Gasteiger partial charge >= 0.3 is 0 Å². The summed E-state index contributed by atoms with van der Waals surface area (Å²) >= 11 is 6.09. The van der Waals surface area contributed by atoms with Gasteiger partial charge in [0.15, 0.2) is 0 Å². The second-order valence-electron chi connectivity index (χ2n) is 8.54. The Balaban J connectivity index is 1.33. The van der Waals surface area contributed by atoms with Crippen LogP contribution < -0.4 is 5.73 Å². The summed E-state index contributed by atoms with van der Waals surface area (Å²) in [5.41, 5.74) is 8.54. The minimum absolute atomic E-state index is 0.157. The third-order valence-corrected chi connectivity index (χ3v) is 6.49. The number of aromatic nitrogens is 2. The van der Waals surface area contributed by atoms with E-state index < -0.39 is 0 Å². The van der Waals surface area contributed by atoms with Crippen LogP contribution in [0.15, 0.2) is 53.2 Å². The predicted octanol–water partition coefficient (Wildman–Crippen LogP) is 4.62. The number of hydrogen-bond donors (Lipinski definition) is 1. The molecule has 0 saturated carbocycles. The molecule has 8 heteroatoms. The summed E-state index contributed by atoms with van der Waals surface area (Å²) in [6, 6.07) is 13.4. The highest BCUT2D eigenvalue weighted by atomic mass is 35.5. The fourth-order valence-electron chi connectivity index (χ4n) is 4.59. The van der Waals surface area contributed by atoms with Gasteiger partial charge in [-0.25, -0.2) is 9.97 Å². The fourth-order valence-corrected chi connectivity index (χ4v) is 4.75. The van der Waals surface area contributed by atoms with Gasteiger partial charge in [-0.1, -0.05) is 31.0 Å². The molecule has 1 unspecified atom stereocenters. The van der Waals surface area contributed by atoms with Crippen LogP contribution >= 0.6 is 11.6 Å². The van der Waals surface area contributed by atoms with Crippen LogP contribution in [0, 0.1) is 0 Å². The molecule has 1 aliphatic rings. The van der Waals surface area contributed by atoms with Crippen LogP contribution in [0.25, 0.3) is 21.9 Å². The number of amides is 1. The minimum atomic E-state index is -0.168. The molecule has 1 atom stereocenters. The van der Waals surface area contributed by atoms with Gasteiger partial charge < -0.3 is 15.1 Å². The lowest BCUT2D eigenvalue weighted by molar-refractivity contribution is -0.143. The Morgan fingerprint density at radius 3 is 2.85 bits per heavy atom. The van der Waals surface area contributed by atoms with Gasteiger partial charge in [-0.3, -0.25) is 9.69 Å².